The normalized spacial score (nSPS) is 11.9. The molecule has 0 aliphatic carbocycles. The molecule has 0 saturated carbocycles. The standard InChI is InChI=1S/C54H34N2O2/c1-2-13-36(14-3-1)56-48-21-8-4-15-41(48)46-33-38(29-31-49(46)56)55(39-30-32-53-47(34-39)43-17-6-10-23-51(43)58-53)37-27-25-35(26-28-37)40-19-12-20-44-42-16-5-9-22-50(42)57-52-24-11-7-18-45(52)54(40)44/h1-34H. The Morgan fingerprint density at radius 2 is 0.948 bits per heavy atom. The first-order valence-electron chi connectivity index (χ1n) is 19.7. The first kappa shape index (κ1) is 32.4. The highest BCUT2D eigenvalue weighted by Crippen LogP contribution is 2.50. The zero-order chi connectivity index (χ0) is 38.2. The van der Waals surface area contributed by atoms with Crippen LogP contribution in [0.4, 0.5) is 17.1 Å². The summed E-state index contributed by atoms with van der Waals surface area (Å²) in [4.78, 5) is 2.37. The van der Waals surface area contributed by atoms with Crippen LogP contribution in [-0.4, -0.2) is 4.57 Å². The molecule has 0 fully saturated rings. The van der Waals surface area contributed by atoms with Crippen LogP contribution in [0.15, 0.2) is 211 Å². The van der Waals surface area contributed by atoms with Crippen molar-refractivity contribution in [2.45, 2.75) is 0 Å². The van der Waals surface area contributed by atoms with Crippen LogP contribution in [0.1, 0.15) is 0 Å². The summed E-state index contributed by atoms with van der Waals surface area (Å²) >= 11 is 0. The van der Waals surface area contributed by atoms with E-state index in [1.807, 2.05) is 24.3 Å². The van der Waals surface area contributed by atoms with Crippen LogP contribution >= 0.6 is 0 Å². The number of fused-ring (bicyclic) bond motifs is 11. The van der Waals surface area contributed by atoms with E-state index in [0.717, 1.165) is 84.0 Å². The van der Waals surface area contributed by atoms with E-state index < -0.39 is 0 Å². The van der Waals surface area contributed by atoms with Gasteiger partial charge in [0.2, 0.25) is 0 Å². The Bertz CT molecular complexity index is 3380. The molecule has 0 radical (unpaired) electrons. The van der Waals surface area contributed by atoms with E-state index >= 15 is 0 Å². The Morgan fingerprint density at radius 1 is 0.362 bits per heavy atom. The molecule has 11 aromatic rings. The summed E-state index contributed by atoms with van der Waals surface area (Å²) < 4.78 is 15.2. The second kappa shape index (κ2) is 12.9. The highest BCUT2D eigenvalue weighted by molar-refractivity contribution is 6.11. The third kappa shape index (κ3) is 5.02. The predicted octanol–water partition coefficient (Wildman–Crippen LogP) is 15.3. The van der Waals surface area contributed by atoms with Crippen LogP contribution in [0.2, 0.25) is 0 Å². The van der Waals surface area contributed by atoms with Crippen LogP contribution in [0.25, 0.3) is 82.8 Å². The molecule has 12 rings (SSSR count). The van der Waals surface area contributed by atoms with Gasteiger partial charge in [0, 0.05) is 61.0 Å². The predicted molar refractivity (Wildman–Crippen MR) is 239 cm³/mol. The van der Waals surface area contributed by atoms with Crippen molar-refractivity contribution in [3.8, 4) is 50.6 Å². The van der Waals surface area contributed by atoms with Gasteiger partial charge in [-0.2, -0.15) is 0 Å². The van der Waals surface area contributed by atoms with E-state index in [1.54, 1.807) is 0 Å². The number of ether oxygens (including phenoxy) is 1. The van der Waals surface area contributed by atoms with Gasteiger partial charge >= 0.3 is 0 Å². The van der Waals surface area contributed by atoms with Gasteiger partial charge < -0.3 is 18.6 Å². The molecule has 1 aliphatic heterocycles. The fraction of sp³-hybridized carbons (Fsp3) is 0. The van der Waals surface area contributed by atoms with E-state index in [2.05, 4.69) is 191 Å². The van der Waals surface area contributed by atoms with Gasteiger partial charge in [0.15, 0.2) is 0 Å². The third-order valence-electron chi connectivity index (χ3n) is 11.6. The van der Waals surface area contributed by atoms with E-state index in [4.69, 9.17) is 9.15 Å². The lowest BCUT2D eigenvalue weighted by atomic mass is 9.87. The molecule has 0 N–H and O–H groups in total. The van der Waals surface area contributed by atoms with E-state index in [9.17, 15) is 0 Å². The SMILES string of the molecule is c1ccc(-n2c3ccccc3c3cc(N(c4ccc(-c5cccc6c5-c5ccccc5Oc5ccccc5-6)cc4)c4ccc5oc6ccccc6c5c4)ccc32)cc1. The fourth-order valence-electron chi connectivity index (χ4n) is 9.01. The fourth-order valence-corrected chi connectivity index (χ4v) is 9.01. The summed E-state index contributed by atoms with van der Waals surface area (Å²) in [5.41, 5.74) is 15.2. The Labute approximate surface area is 335 Å². The quantitative estimate of drug-likeness (QED) is 0.176. The molecule has 58 heavy (non-hydrogen) atoms. The van der Waals surface area contributed by atoms with Gasteiger partial charge in [-0.3, -0.25) is 0 Å². The molecule has 9 aromatic carbocycles. The molecule has 0 amide bonds. The first-order chi connectivity index (χ1) is 28.8. The molecule has 1 aliphatic rings. The summed E-state index contributed by atoms with van der Waals surface area (Å²) in [5, 5.41) is 4.60. The van der Waals surface area contributed by atoms with Crippen LogP contribution in [0, 0.1) is 0 Å². The van der Waals surface area contributed by atoms with E-state index in [-0.39, 0.29) is 0 Å². The lowest BCUT2D eigenvalue weighted by molar-refractivity contribution is 0.488. The van der Waals surface area contributed by atoms with Crippen molar-refractivity contribution in [3.05, 3.63) is 206 Å². The van der Waals surface area contributed by atoms with Gasteiger partial charge in [-0.15, -0.1) is 0 Å². The molecule has 0 saturated heterocycles. The molecule has 4 nitrogen and oxygen atoms in total. The molecule has 0 bridgehead atoms. The minimum absolute atomic E-state index is 0.857. The zero-order valence-corrected chi connectivity index (χ0v) is 31.3. The molecular formula is C54H34N2O2. The van der Waals surface area contributed by atoms with Crippen molar-refractivity contribution in [1.29, 1.82) is 0 Å². The van der Waals surface area contributed by atoms with Crippen molar-refractivity contribution in [1.82, 2.24) is 4.57 Å². The molecule has 2 aromatic heterocycles. The zero-order valence-electron chi connectivity index (χ0n) is 31.3. The van der Waals surface area contributed by atoms with Gasteiger partial charge in [0.25, 0.3) is 0 Å². The van der Waals surface area contributed by atoms with E-state index in [0.29, 0.717) is 0 Å². The number of hydrogen-bond donors (Lipinski definition) is 0. The second-order valence-electron chi connectivity index (χ2n) is 14.9. The number of rotatable bonds is 5. The number of anilines is 3. The van der Waals surface area contributed by atoms with Gasteiger partial charge in [-0.05, 0) is 102 Å². The lowest BCUT2D eigenvalue weighted by Crippen LogP contribution is -2.10. The van der Waals surface area contributed by atoms with Crippen LogP contribution in [-0.2, 0) is 0 Å². The van der Waals surface area contributed by atoms with E-state index in [1.165, 1.54) is 27.4 Å². The molecule has 0 unspecified atom stereocenters. The topological polar surface area (TPSA) is 30.5 Å². The van der Waals surface area contributed by atoms with Crippen molar-refractivity contribution < 1.29 is 9.15 Å². The number of para-hydroxylation sites is 5. The number of nitrogens with zero attached hydrogens (tertiary/aromatic N) is 2. The number of aromatic nitrogens is 1. The van der Waals surface area contributed by atoms with Crippen LogP contribution in [0.5, 0.6) is 11.5 Å². The summed E-state index contributed by atoms with van der Waals surface area (Å²) in [6.07, 6.45) is 0. The lowest BCUT2D eigenvalue weighted by Gasteiger charge is -2.26. The summed E-state index contributed by atoms with van der Waals surface area (Å²) in [6.45, 7) is 0. The average Bonchev–Trinajstić information content (AvgIpc) is 3.78. The smallest absolute Gasteiger partial charge is 0.135 e. The average molecular weight is 743 g/mol. The Balaban J connectivity index is 1.05. The van der Waals surface area contributed by atoms with Gasteiger partial charge in [-0.25, -0.2) is 0 Å². The van der Waals surface area contributed by atoms with Crippen molar-refractivity contribution in [2.24, 2.45) is 0 Å². The van der Waals surface area contributed by atoms with Gasteiger partial charge in [-0.1, -0.05) is 121 Å². The third-order valence-corrected chi connectivity index (χ3v) is 11.6. The summed E-state index contributed by atoms with van der Waals surface area (Å²) in [6, 6.07) is 73.2. The molecule has 0 spiro atoms. The minimum Gasteiger partial charge on any atom is -0.456 e. The van der Waals surface area contributed by atoms with Gasteiger partial charge in [0.05, 0.1) is 11.0 Å². The number of benzene rings is 9. The molecule has 3 heterocycles. The maximum Gasteiger partial charge on any atom is 0.135 e. The maximum absolute atomic E-state index is 6.54. The highest BCUT2D eigenvalue weighted by Gasteiger charge is 2.24. The minimum atomic E-state index is 0.857. The molecule has 0 atom stereocenters. The number of hydrogen-bond acceptors (Lipinski definition) is 3. The molecule has 4 heteroatoms. The Kier molecular flexibility index (Phi) is 7.20. The highest BCUT2D eigenvalue weighted by atomic mass is 16.5. The second-order valence-corrected chi connectivity index (χ2v) is 14.9. The Hall–Kier alpha value is -7.82. The first-order valence-corrected chi connectivity index (χ1v) is 19.7. The Morgan fingerprint density at radius 3 is 1.79 bits per heavy atom. The van der Waals surface area contributed by atoms with Crippen molar-refractivity contribution >= 4 is 60.8 Å². The van der Waals surface area contributed by atoms with Crippen molar-refractivity contribution in [2.75, 3.05) is 4.90 Å². The maximum atomic E-state index is 6.54. The van der Waals surface area contributed by atoms with Crippen LogP contribution in [0.3, 0.4) is 0 Å². The monoisotopic (exact) mass is 742 g/mol. The molecule has 272 valence electrons. The summed E-state index contributed by atoms with van der Waals surface area (Å²) in [5.74, 6) is 1.72. The molecular weight excluding hydrogens is 709 g/mol. The largest absolute Gasteiger partial charge is 0.456 e. The van der Waals surface area contributed by atoms with Crippen molar-refractivity contribution in [3.63, 3.8) is 0 Å². The summed E-state index contributed by atoms with van der Waals surface area (Å²) in [7, 11) is 0. The van der Waals surface area contributed by atoms with Gasteiger partial charge in [0.1, 0.15) is 22.7 Å². The number of furan rings is 1. The van der Waals surface area contributed by atoms with Crippen LogP contribution < -0.4 is 9.64 Å².